The van der Waals surface area contributed by atoms with Gasteiger partial charge in [-0.15, -0.1) is 0 Å². The van der Waals surface area contributed by atoms with E-state index < -0.39 is 5.63 Å². The zero-order valence-corrected chi connectivity index (χ0v) is 17.2. The number of hydrogen-bond acceptors (Lipinski definition) is 6. The fraction of sp³-hybridized carbons (Fsp3) is 0.238. The van der Waals surface area contributed by atoms with E-state index in [1.807, 2.05) is 37.3 Å². The molecule has 9 heteroatoms. The number of H-pyrrole nitrogens is 1. The van der Waals surface area contributed by atoms with E-state index in [4.69, 9.17) is 9.26 Å². The number of aromatic nitrogens is 2. The van der Waals surface area contributed by atoms with Gasteiger partial charge in [-0.3, -0.25) is 9.32 Å². The SMILES string of the molecule is CCCCOC(=O)c1ccc(NC(=O)CSc2c(=O)o[nH][n+]2-c2ccccc2)cc1. The van der Waals surface area contributed by atoms with E-state index in [0.717, 1.165) is 24.6 Å². The second-order valence-electron chi connectivity index (χ2n) is 6.36. The summed E-state index contributed by atoms with van der Waals surface area (Å²) in [5.74, 6) is -0.670. The van der Waals surface area contributed by atoms with Gasteiger partial charge in [-0.2, -0.15) is 0 Å². The van der Waals surface area contributed by atoms with Crippen LogP contribution in [0.1, 0.15) is 30.1 Å². The van der Waals surface area contributed by atoms with Crippen LogP contribution < -0.4 is 15.6 Å². The number of carbonyl (C=O) groups is 2. The highest BCUT2D eigenvalue weighted by atomic mass is 32.2. The van der Waals surface area contributed by atoms with Gasteiger partial charge in [0.1, 0.15) is 0 Å². The maximum Gasteiger partial charge on any atom is 0.442 e. The maximum absolute atomic E-state index is 12.3. The minimum atomic E-state index is -0.553. The van der Waals surface area contributed by atoms with E-state index in [1.54, 1.807) is 24.3 Å². The lowest BCUT2D eigenvalue weighted by molar-refractivity contribution is -0.704. The van der Waals surface area contributed by atoms with Crippen LogP contribution in [-0.2, 0) is 9.53 Å². The molecule has 8 nitrogen and oxygen atoms in total. The van der Waals surface area contributed by atoms with Gasteiger partial charge in [0.15, 0.2) is 0 Å². The smallest absolute Gasteiger partial charge is 0.442 e. The minimum Gasteiger partial charge on any atom is -0.462 e. The summed E-state index contributed by atoms with van der Waals surface area (Å²) >= 11 is 1.06. The van der Waals surface area contributed by atoms with Crippen LogP contribution in [0.15, 0.2) is 68.9 Å². The molecule has 0 radical (unpaired) electrons. The molecule has 0 spiro atoms. The number of hydrogen-bond donors (Lipinski definition) is 2. The summed E-state index contributed by atoms with van der Waals surface area (Å²) in [6, 6.07) is 15.6. The van der Waals surface area contributed by atoms with Crippen molar-refractivity contribution < 1.29 is 23.5 Å². The number of nitrogens with zero attached hydrogens (tertiary/aromatic N) is 1. The van der Waals surface area contributed by atoms with Crippen molar-refractivity contribution in [3.63, 3.8) is 0 Å². The van der Waals surface area contributed by atoms with Crippen molar-refractivity contribution in [3.8, 4) is 5.69 Å². The fourth-order valence-corrected chi connectivity index (χ4v) is 3.32. The Bertz CT molecular complexity index is 1040. The highest BCUT2D eigenvalue weighted by Gasteiger charge is 2.24. The first kappa shape index (κ1) is 21.4. The largest absolute Gasteiger partial charge is 0.462 e. The summed E-state index contributed by atoms with van der Waals surface area (Å²) in [5, 5.41) is 5.53. The van der Waals surface area contributed by atoms with Crippen molar-refractivity contribution in [2.24, 2.45) is 0 Å². The van der Waals surface area contributed by atoms with Crippen molar-refractivity contribution in [2.75, 3.05) is 17.7 Å². The Morgan fingerprint density at radius 1 is 1.13 bits per heavy atom. The van der Waals surface area contributed by atoms with Crippen molar-refractivity contribution >= 4 is 29.3 Å². The van der Waals surface area contributed by atoms with Gasteiger partial charge >= 0.3 is 16.6 Å². The quantitative estimate of drug-likeness (QED) is 0.235. The Balaban J connectivity index is 1.56. The Morgan fingerprint density at radius 2 is 1.87 bits per heavy atom. The van der Waals surface area contributed by atoms with E-state index in [0.29, 0.717) is 23.5 Å². The Labute approximate surface area is 177 Å². The van der Waals surface area contributed by atoms with Gasteiger partial charge in [0.25, 0.3) is 0 Å². The molecule has 0 aliphatic heterocycles. The lowest BCUT2D eigenvalue weighted by Crippen LogP contribution is -2.36. The monoisotopic (exact) mass is 428 g/mol. The molecular weight excluding hydrogens is 406 g/mol. The second-order valence-corrected chi connectivity index (χ2v) is 7.32. The third-order valence-corrected chi connectivity index (χ3v) is 5.13. The summed E-state index contributed by atoms with van der Waals surface area (Å²) in [7, 11) is 0. The third kappa shape index (κ3) is 5.60. The maximum atomic E-state index is 12.3. The fourth-order valence-electron chi connectivity index (χ4n) is 2.55. The van der Waals surface area contributed by atoms with E-state index in [1.165, 1.54) is 4.68 Å². The molecule has 0 saturated carbocycles. The summed E-state index contributed by atoms with van der Waals surface area (Å²) in [4.78, 5) is 36.2. The van der Waals surface area contributed by atoms with Crippen LogP contribution in [0.5, 0.6) is 0 Å². The molecule has 0 unspecified atom stereocenters. The normalized spacial score (nSPS) is 10.6. The molecule has 2 aromatic carbocycles. The standard InChI is InChI=1S/C21H21N3O5S/c1-2-3-13-28-20(26)15-9-11-16(12-10-15)22-18(25)14-30-19-21(27)29-23-24(19)17-7-5-4-6-8-17/h4-12H,2-3,13-14H2,1H3,(H-,22,23,25,26,27)/p+1. The number of ether oxygens (including phenoxy) is 1. The molecule has 1 aromatic heterocycles. The van der Waals surface area contributed by atoms with Gasteiger partial charge in [-0.25, -0.2) is 9.59 Å². The van der Waals surface area contributed by atoms with Crippen molar-refractivity contribution in [1.29, 1.82) is 0 Å². The average Bonchev–Trinajstić information content (AvgIpc) is 3.14. The summed E-state index contributed by atoms with van der Waals surface area (Å²) in [5.41, 5.74) is 1.13. The number of amides is 1. The van der Waals surface area contributed by atoms with Crippen LogP contribution in [0.25, 0.3) is 5.69 Å². The molecule has 1 heterocycles. The van der Waals surface area contributed by atoms with Crippen LogP contribution in [0, 0.1) is 0 Å². The van der Waals surface area contributed by atoms with Crippen LogP contribution in [-0.4, -0.2) is 29.5 Å². The molecule has 3 aromatic rings. The highest BCUT2D eigenvalue weighted by molar-refractivity contribution is 7.99. The lowest BCUT2D eigenvalue weighted by Gasteiger charge is -2.06. The van der Waals surface area contributed by atoms with Crippen molar-refractivity contribution in [3.05, 3.63) is 70.6 Å². The number of carbonyl (C=O) groups excluding carboxylic acids is 2. The second kappa shape index (κ2) is 10.4. The number of nitrogens with one attached hydrogen (secondary N) is 2. The molecule has 2 N–H and O–H groups in total. The molecule has 1 amide bonds. The number of benzene rings is 2. The molecule has 0 aliphatic rings. The first-order chi connectivity index (χ1) is 14.6. The number of unbranched alkanes of at least 4 members (excludes halogenated alkanes) is 1. The molecule has 3 rings (SSSR count). The first-order valence-electron chi connectivity index (χ1n) is 9.47. The zero-order chi connectivity index (χ0) is 21.3. The van der Waals surface area contributed by atoms with E-state index in [2.05, 4.69) is 10.6 Å². The molecule has 0 atom stereocenters. The number of rotatable bonds is 9. The summed E-state index contributed by atoms with van der Waals surface area (Å²) < 4.78 is 11.5. The number of esters is 1. The van der Waals surface area contributed by atoms with E-state index >= 15 is 0 Å². The summed E-state index contributed by atoms with van der Waals surface area (Å²) in [6.45, 7) is 2.41. The lowest BCUT2D eigenvalue weighted by atomic mass is 10.2. The number of aromatic amines is 1. The Hall–Kier alpha value is -3.33. The van der Waals surface area contributed by atoms with Gasteiger partial charge in [-0.1, -0.05) is 31.5 Å². The number of thioether (sulfide) groups is 1. The van der Waals surface area contributed by atoms with Crippen LogP contribution >= 0.6 is 11.8 Å². The third-order valence-electron chi connectivity index (χ3n) is 4.10. The van der Waals surface area contributed by atoms with Crippen LogP contribution in [0.3, 0.4) is 0 Å². The topological polar surface area (TPSA) is 105 Å². The number of para-hydroxylation sites is 1. The summed E-state index contributed by atoms with van der Waals surface area (Å²) in [6.07, 6.45) is 1.77. The predicted molar refractivity (Wildman–Crippen MR) is 112 cm³/mol. The molecule has 0 aliphatic carbocycles. The molecular formula is C21H22N3O5S+. The van der Waals surface area contributed by atoms with Crippen LogP contribution in [0.2, 0.25) is 0 Å². The van der Waals surface area contributed by atoms with E-state index in [9.17, 15) is 14.4 Å². The Morgan fingerprint density at radius 3 is 2.57 bits per heavy atom. The van der Waals surface area contributed by atoms with Gasteiger partial charge in [0, 0.05) is 17.8 Å². The molecule has 30 heavy (non-hydrogen) atoms. The molecule has 0 saturated heterocycles. The van der Waals surface area contributed by atoms with Crippen molar-refractivity contribution in [1.82, 2.24) is 5.27 Å². The average molecular weight is 428 g/mol. The van der Waals surface area contributed by atoms with Crippen molar-refractivity contribution in [2.45, 2.75) is 24.8 Å². The Kier molecular flexibility index (Phi) is 7.45. The zero-order valence-electron chi connectivity index (χ0n) is 16.4. The van der Waals surface area contributed by atoms with E-state index in [-0.39, 0.29) is 22.7 Å². The van der Waals surface area contributed by atoms with Gasteiger partial charge in [-0.05, 0) is 52.4 Å². The van der Waals surface area contributed by atoms with Crippen LogP contribution in [0.4, 0.5) is 5.69 Å². The van der Waals surface area contributed by atoms with Gasteiger partial charge < -0.3 is 10.1 Å². The minimum absolute atomic E-state index is 0.0102. The predicted octanol–water partition coefficient (Wildman–Crippen LogP) is 2.93. The van der Waals surface area contributed by atoms with Gasteiger partial charge in [0.05, 0.1) is 17.9 Å². The highest BCUT2D eigenvalue weighted by Crippen LogP contribution is 2.14. The van der Waals surface area contributed by atoms with Gasteiger partial charge in [0.2, 0.25) is 11.6 Å². The molecule has 156 valence electrons. The molecule has 0 fully saturated rings. The first-order valence-corrected chi connectivity index (χ1v) is 10.5. The molecule has 0 bridgehead atoms. The number of anilines is 1.